The molecule has 0 spiro atoms. The lowest BCUT2D eigenvalue weighted by Crippen LogP contribution is -2.02. The maximum absolute atomic E-state index is 11.8. The van der Waals surface area contributed by atoms with Crippen molar-refractivity contribution in [1.82, 2.24) is 4.98 Å². The second-order valence-electron chi connectivity index (χ2n) is 4.05. The van der Waals surface area contributed by atoms with Crippen LogP contribution < -0.4 is 0 Å². The number of para-hydroxylation sites is 1. The number of aromatic nitrogens is 1. The van der Waals surface area contributed by atoms with Crippen LogP contribution in [0.2, 0.25) is 0 Å². The minimum atomic E-state index is -0.577. The van der Waals surface area contributed by atoms with Crippen molar-refractivity contribution in [2.75, 3.05) is 0 Å². The minimum Gasteiger partial charge on any atom is -0.454 e. The first-order valence-electron chi connectivity index (χ1n) is 5.89. The molecule has 0 saturated carbocycles. The molecule has 2 aromatic heterocycles. The molecule has 106 valence electrons. The van der Waals surface area contributed by atoms with E-state index in [2.05, 4.69) is 4.98 Å². The summed E-state index contributed by atoms with van der Waals surface area (Å²) in [6, 6.07) is 10.3. The lowest BCUT2D eigenvalue weighted by Gasteiger charge is -1.99. The van der Waals surface area contributed by atoms with Gasteiger partial charge >= 0.3 is 11.0 Å². The van der Waals surface area contributed by atoms with Crippen molar-refractivity contribution in [3.63, 3.8) is 0 Å². The Labute approximate surface area is 126 Å². The van der Waals surface area contributed by atoms with Gasteiger partial charge in [-0.25, -0.2) is 9.78 Å². The summed E-state index contributed by atoms with van der Waals surface area (Å²) in [4.78, 5) is 26.4. The van der Waals surface area contributed by atoms with Gasteiger partial charge in [-0.15, -0.1) is 11.3 Å². The van der Waals surface area contributed by atoms with Gasteiger partial charge < -0.3 is 4.74 Å². The Kier molecular flexibility index (Phi) is 3.63. The van der Waals surface area contributed by atoms with E-state index in [1.807, 2.05) is 24.3 Å². The molecule has 3 aromatic rings. The number of thiophene rings is 1. The number of rotatable bonds is 4. The van der Waals surface area contributed by atoms with Crippen LogP contribution in [0.15, 0.2) is 36.4 Å². The smallest absolute Gasteiger partial charge is 0.348 e. The van der Waals surface area contributed by atoms with Crippen molar-refractivity contribution < 1.29 is 14.5 Å². The fraction of sp³-hybridized carbons (Fsp3) is 0.0769. The number of esters is 1. The quantitative estimate of drug-likeness (QED) is 0.416. The second-order valence-corrected chi connectivity index (χ2v) is 6.22. The van der Waals surface area contributed by atoms with Crippen LogP contribution in [-0.4, -0.2) is 15.9 Å². The van der Waals surface area contributed by atoms with Gasteiger partial charge in [-0.2, -0.15) is 0 Å². The molecule has 0 aliphatic heterocycles. The Bertz CT molecular complexity index is 791. The highest BCUT2D eigenvalue weighted by atomic mass is 32.1. The summed E-state index contributed by atoms with van der Waals surface area (Å²) in [5, 5.41) is 11.2. The summed E-state index contributed by atoms with van der Waals surface area (Å²) in [5.74, 6) is -0.577. The molecule has 0 N–H and O–H groups in total. The molecule has 0 fully saturated rings. The summed E-state index contributed by atoms with van der Waals surface area (Å²) >= 11 is 2.25. The number of thiazole rings is 1. The summed E-state index contributed by atoms with van der Waals surface area (Å²) in [6.45, 7) is 0.0594. The average Bonchev–Trinajstić information content (AvgIpc) is 3.11. The fourth-order valence-electron chi connectivity index (χ4n) is 1.72. The molecular weight excluding hydrogens is 312 g/mol. The monoisotopic (exact) mass is 320 g/mol. The average molecular weight is 320 g/mol. The van der Waals surface area contributed by atoms with Crippen LogP contribution in [0, 0.1) is 10.1 Å². The molecule has 0 unspecified atom stereocenters. The highest BCUT2D eigenvalue weighted by Gasteiger charge is 2.17. The Hall–Kier alpha value is -2.32. The summed E-state index contributed by atoms with van der Waals surface area (Å²) < 4.78 is 6.16. The van der Waals surface area contributed by atoms with E-state index >= 15 is 0 Å². The Balaban J connectivity index is 1.68. The van der Waals surface area contributed by atoms with E-state index in [4.69, 9.17) is 4.74 Å². The number of nitrogens with zero attached hydrogens (tertiary/aromatic N) is 2. The van der Waals surface area contributed by atoms with Gasteiger partial charge in [0.15, 0.2) is 0 Å². The molecule has 0 amide bonds. The Morgan fingerprint density at radius 3 is 2.76 bits per heavy atom. The molecule has 0 aliphatic rings. The van der Waals surface area contributed by atoms with Crippen molar-refractivity contribution in [2.45, 2.75) is 6.61 Å². The van der Waals surface area contributed by atoms with Gasteiger partial charge in [0, 0.05) is 6.07 Å². The van der Waals surface area contributed by atoms with Crippen LogP contribution in [0.25, 0.3) is 10.2 Å². The molecule has 0 saturated heterocycles. The van der Waals surface area contributed by atoms with Crippen LogP contribution in [0.5, 0.6) is 0 Å². The van der Waals surface area contributed by atoms with Gasteiger partial charge in [0.05, 0.1) is 15.1 Å². The van der Waals surface area contributed by atoms with Crippen molar-refractivity contribution in [1.29, 1.82) is 0 Å². The highest BCUT2D eigenvalue weighted by Crippen LogP contribution is 2.26. The van der Waals surface area contributed by atoms with Gasteiger partial charge in [0.2, 0.25) is 0 Å². The molecule has 0 radical (unpaired) electrons. The zero-order valence-corrected chi connectivity index (χ0v) is 12.1. The first-order valence-corrected chi connectivity index (χ1v) is 7.52. The number of carbonyl (C=O) groups is 1. The van der Waals surface area contributed by atoms with Gasteiger partial charge in [0.1, 0.15) is 16.5 Å². The first kappa shape index (κ1) is 13.7. The predicted molar refractivity (Wildman–Crippen MR) is 79.7 cm³/mol. The topological polar surface area (TPSA) is 82.3 Å². The fourth-order valence-corrected chi connectivity index (χ4v) is 3.31. The molecule has 21 heavy (non-hydrogen) atoms. The molecular formula is C13H8N2O4S2. The lowest BCUT2D eigenvalue weighted by atomic mass is 10.3. The second kappa shape index (κ2) is 5.58. The van der Waals surface area contributed by atoms with Gasteiger partial charge in [0.25, 0.3) is 0 Å². The van der Waals surface area contributed by atoms with Gasteiger partial charge in [-0.05, 0) is 18.2 Å². The number of hydrogen-bond donors (Lipinski definition) is 0. The van der Waals surface area contributed by atoms with E-state index in [1.54, 1.807) is 0 Å². The largest absolute Gasteiger partial charge is 0.454 e. The molecule has 0 bridgehead atoms. The maximum atomic E-state index is 11.8. The summed E-state index contributed by atoms with van der Waals surface area (Å²) in [6.07, 6.45) is 0. The summed E-state index contributed by atoms with van der Waals surface area (Å²) in [5.41, 5.74) is 0.861. The molecule has 8 heteroatoms. The van der Waals surface area contributed by atoms with E-state index in [1.165, 1.54) is 23.5 Å². The normalized spacial score (nSPS) is 10.7. The first-order chi connectivity index (χ1) is 10.1. The Morgan fingerprint density at radius 1 is 1.24 bits per heavy atom. The standard InChI is InChI=1S/C13H8N2O4S2/c16-13(10-5-6-12(21-10)15(17)18)19-7-11-14-8-3-1-2-4-9(8)20-11/h1-6H,7H2. The highest BCUT2D eigenvalue weighted by molar-refractivity contribution is 7.18. The molecule has 0 atom stereocenters. The van der Waals surface area contributed by atoms with Crippen molar-refractivity contribution in [3.05, 3.63) is 56.4 Å². The lowest BCUT2D eigenvalue weighted by molar-refractivity contribution is -0.380. The van der Waals surface area contributed by atoms with Crippen molar-refractivity contribution in [2.24, 2.45) is 0 Å². The number of nitro groups is 1. The van der Waals surface area contributed by atoms with E-state index in [0.717, 1.165) is 21.6 Å². The van der Waals surface area contributed by atoms with Crippen LogP contribution in [0.3, 0.4) is 0 Å². The number of hydrogen-bond acceptors (Lipinski definition) is 7. The number of carbonyl (C=O) groups excluding carboxylic acids is 1. The third kappa shape index (κ3) is 2.91. The van der Waals surface area contributed by atoms with E-state index in [9.17, 15) is 14.9 Å². The molecule has 2 heterocycles. The molecule has 0 aliphatic carbocycles. The third-order valence-electron chi connectivity index (χ3n) is 2.64. The number of ether oxygens (including phenoxy) is 1. The predicted octanol–water partition coefficient (Wildman–Crippen LogP) is 3.62. The SMILES string of the molecule is O=C(OCc1nc2ccccc2s1)c1ccc([N+](=O)[O-])s1. The van der Waals surface area contributed by atoms with Crippen molar-refractivity contribution >= 4 is 43.9 Å². The van der Waals surface area contributed by atoms with Gasteiger partial charge in [-0.1, -0.05) is 23.5 Å². The molecule has 6 nitrogen and oxygen atoms in total. The van der Waals surface area contributed by atoms with Crippen LogP contribution >= 0.6 is 22.7 Å². The van der Waals surface area contributed by atoms with E-state index < -0.39 is 10.9 Å². The number of benzene rings is 1. The van der Waals surface area contributed by atoms with E-state index in [0.29, 0.717) is 5.01 Å². The zero-order chi connectivity index (χ0) is 14.8. The minimum absolute atomic E-state index is 0.0594. The zero-order valence-electron chi connectivity index (χ0n) is 10.5. The van der Waals surface area contributed by atoms with Crippen LogP contribution in [0.1, 0.15) is 14.7 Å². The number of fused-ring (bicyclic) bond motifs is 1. The van der Waals surface area contributed by atoms with Crippen molar-refractivity contribution in [3.8, 4) is 0 Å². The summed E-state index contributed by atoms with van der Waals surface area (Å²) in [7, 11) is 0. The van der Waals surface area contributed by atoms with E-state index in [-0.39, 0.29) is 16.5 Å². The van der Waals surface area contributed by atoms with Crippen LogP contribution in [-0.2, 0) is 11.3 Å². The third-order valence-corrected chi connectivity index (χ3v) is 4.66. The van der Waals surface area contributed by atoms with Crippen LogP contribution in [0.4, 0.5) is 5.00 Å². The maximum Gasteiger partial charge on any atom is 0.348 e. The molecule has 3 rings (SSSR count). The van der Waals surface area contributed by atoms with Gasteiger partial charge in [-0.3, -0.25) is 10.1 Å². The molecule has 1 aromatic carbocycles. The Morgan fingerprint density at radius 2 is 2.05 bits per heavy atom.